The van der Waals surface area contributed by atoms with Gasteiger partial charge in [-0.1, -0.05) is 11.6 Å². The van der Waals surface area contributed by atoms with Crippen molar-refractivity contribution in [3.05, 3.63) is 5.15 Å². The molecule has 0 amide bonds. The van der Waals surface area contributed by atoms with Gasteiger partial charge in [-0.05, 0) is 0 Å². The largest absolute Gasteiger partial charge is 0.490 e. The minimum Gasteiger partial charge on any atom is -0.490 e. The standard InChI is InChI=1S/C7H9ClN2O3/c1-11-4-5(12-2)7(13-3)10-9-6(4)8/h1-3H3. The van der Waals surface area contributed by atoms with Crippen LogP contribution in [0.25, 0.3) is 0 Å². The summed E-state index contributed by atoms with van der Waals surface area (Å²) in [6.07, 6.45) is 0. The Balaban J connectivity index is 3.27. The Morgan fingerprint density at radius 3 is 2.00 bits per heavy atom. The van der Waals surface area contributed by atoms with Crippen LogP contribution in [0.15, 0.2) is 0 Å². The molecule has 0 unspecified atom stereocenters. The Morgan fingerprint density at radius 1 is 0.923 bits per heavy atom. The molecule has 0 saturated carbocycles. The predicted molar refractivity (Wildman–Crippen MR) is 46.7 cm³/mol. The van der Waals surface area contributed by atoms with E-state index in [0.29, 0.717) is 11.5 Å². The van der Waals surface area contributed by atoms with Crippen LogP contribution in [0, 0.1) is 0 Å². The molecule has 0 radical (unpaired) electrons. The first-order valence-corrected chi connectivity index (χ1v) is 3.80. The first-order chi connectivity index (χ1) is 6.24. The summed E-state index contributed by atoms with van der Waals surface area (Å²) in [4.78, 5) is 0. The highest BCUT2D eigenvalue weighted by atomic mass is 35.5. The van der Waals surface area contributed by atoms with Crippen LogP contribution in [0.3, 0.4) is 0 Å². The maximum absolute atomic E-state index is 5.70. The average molecular weight is 205 g/mol. The van der Waals surface area contributed by atoms with Crippen LogP contribution < -0.4 is 14.2 Å². The van der Waals surface area contributed by atoms with Crippen molar-refractivity contribution in [1.29, 1.82) is 0 Å². The zero-order chi connectivity index (χ0) is 9.84. The number of hydrogen-bond donors (Lipinski definition) is 0. The third kappa shape index (κ3) is 1.75. The monoisotopic (exact) mass is 204 g/mol. The summed E-state index contributed by atoms with van der Waals surface area (Å²) in [7, 11) is 4.39. The van der Waals surface area contributed by atoms with Gasteiger partial charge in [-0.3, -0.25) is 0 Å². The molecule has 0 aliphatic heterocycles. The summed E-state index contributed by atoms with van der Waals surface area (Å²) in [6.45, 7) is 0. The Hall–Kier alpha value is -1.23. The van der Waals surface area contributed by atoms with Crippen LogP contribution in [-0.2, 0) is 0 Å². The van der Waals surface area contributed by atoms with Crippen LogP contribution in [0.1, 0.15) is 0 Å². The van der Waals surface area contributed by atoms with Crippen molar-refractivity contribution < 1.29 is 14.2 Å². The van der Waals surface area contributed by atoms with E-state index in [4.69, 9.17) is 25.8 Å². The van der Waals surface area contributed by atoms with E-state index < -0.39 is 0 Å². The molecule has 1 heterocycles. The van der Waals surface area contributed by atoms with Crippen molar-refractivity contribution in [3.8, 4) is 17.4 Å². The fourth-order valence-corrected chi connectivity index (χ4v) is 1.06. The summed E-state index contributed by atoms with van der Waals surface area (Å²) in [5.74, 6) is 0.893. The topological polar surface area (TPSA) is 53.5 Å². The van der Waals surface area contributed by atoms with Crippen LogP contribution in [0.5, 0.6) is 17.4 Å². The third-order valence-corrected chi connectivity index (χ3v) is 1.67. The molecule has 5 nitrogen and oxygen atoms in total. The molecule has 0 aromatic carbocycles. The zero-order valence-electron chi connectivity index (χ0n) is 7.50. The molecule has 1 aromatic rings. The fraction of sp³-hybridized carbons (Fsp3) is 0.429. The van der Waals surface area contributed by atoms with Gasteiger partial charge in [0.05, 0.1) is 21.3 Å². The second kappa shape index (κ2) is 4.13. The number of nitrogens with zero attached hydrogens (tertiary/aromatic N) is 2. The number of hydrogen-bond acceptors (Lipinski definition) is 5. The van der Waals surface area contributed by atoms with Gasteiger partial charge >= 0.3 is 0 Å². The molecule has 0 bridgehead atoms. The maximum atomic E-state index is 5.70. The lowest BCUT2D eigenvalue weighted by molar-refractivity contribution is 0.311. The first kappa shape index (κ1) is 9.85. The highest BCUT2D eigenvalue weighted by Gasteiger charge is 2.17. The van der Waals surface area contributed by atoms with Crippen molar-refractivity contribution >= 4 is 11.6 Å². The van der Waals surface area contributed by atoms with Crippen LogP contribution in [0.2, 0.25) is 5.15 Å². The molecule has 72 valence electrons. The van der Waals surface area contributed by atoms with Gasteiger partial charge in [0.25, 0.3) is 5.88 Å². The molecular formula is C7H9ClN2O3. The lowest BCUT2D eigenvalue weighted by Gasteiger charge is -2.09. The number of methoxy groups -OCH3 is 3. The Labute approximate surface area is 80.6 Å². The molecule has 1 aromatic heterocycles. The first-order valence-electron chi connectivity index (χ1n) is 3.42. The lowest BCUT2D eigenvalue weighted by Crippen LogP contribution is -1.99. The van der Waals surface area contributed by atoms with Gasteiger partial charge in [0.1, 0.15) is 0 Å². The van der Waals surface area contributed by atoms with Crippen molar-refractivity contribution in [3.63, 3.8) is 0 Å². The highest BCUT2D eigenvalue weighted by Crippen LogP contribution is 2.38. The van der Waals surface area contributed by atoms with E-state index in [9.17, 15) is 0 Å². The second-order valence-corrected chi connectivity index (χ2v) is 2.42. The maximum Gasteiger partial charge on any atom is 0.280 e. The minimum absolute atomic E-state index is 0.139. The Morgan fingerprint density at radius 2 is 1.54 bits per heavy atom. The Kier molecular flexibility index (Phi) is 3.13. The average Bonchev–Trinajstić information content (AvgIpc) is 2.17. The predicted octanol–water partition coefficient (Wildman–Crippen LogP) is 1.16. The van der Waals surface area contributed by atoms with Crippen molar-refractivity contribution in [2.45, 2.75) is 0 Å². The molecule has 0 aliphatic rings. The van der Waals surface area contributed by atoms with E-state index in [0.717, 1.165) is 0 Å². The summed E-state index contributed by atoms with van der Waals surface area (Å²) in [6, 6.07) is 0. The van der Waals surface area contributed by atoms with E-state index >= 15 is 0 Å². The van der Waals surface area contributed by atoms with E-state index in [2.05, 4.69) is 10.2 Å². The summed E-state index contributed by atoms with van der Waals surface area (Å²) in [5, 5.41) is 7.42. The molecule has 0 fully saturated rings. The highest BCUT2D eigenvalue weighted by molar-refractivity contribution is 6.31. The van der Waals surface area contributed by atoms with Crippen molar-refractivity contribution in [2.24, 2.45) is 0 Å². The van der Waals surface area contributed by atoms with E-state index in [1.807, 2.05) is 0 Å². The number of halogens is 1. The summed E-state index contributed by atoms with van der Waals surface area (Å²) < 4.78 is 14.9. The van der Waals surface area contributed by atoms with Crippen LogP contribution in [-0.4, -0.2) is 31.5 Å². The van der Waals surface area contributed by atoms with Crippen molar-refractivity contribution in [2.75, 3.05) is 21.3 Å². The van der Waals surface area contributed by atoms with E-state index in [1.54, 1.807) is 0 Å². The second-order valence-electron chi connectivity index (χ2n) is 2.07. The van der Waals surface area contributed by atoms with Crippen molar-refractivity contribution in [1.82, 2.24) is 10.2 Å². The minimum atomic E-state index is 0.139. The smallest absolute Gasteiger partial charge is 0.280 e. The van der Waals surface area contributed by atoms with Gasteiger partial charge in [0, 0.05) is 0 Å². The molecule has 0 atom stereocenters. The molecule has 0 saturated heterocycles. The molecule has 0 N–H and O–H groups in total. The third-order valence-electron chi connectivity index (χ3n) is 1.42. The van der Waals surface area contributed by atoms with Crippen LogP contribution in [0.4, 0.5) is 0 Å². The van der Waals surface area contributed by atoms with E-state index in [-0.39, 0.29) is 11.0 Å². The molecule has 0 aliphatic carbocycles. The van der Waals surface area contributed by atoms with Gasteiger partial charge in [-0.2, -0.15) is 0 Å². The summed E-state index contributed by atoms with van der Waals surface area (Å²) in [5.41, 5.74) is 0. The van der Waals surface area contributed by atoms with Gasteiger partial charge in [0.15, 0.2) is 5.15 Å². The van der Waals surface area contributed by atoms with Gasteiger partial charge in [-0.25, -0.2) is 0 Å². The fourth-order valence-electron chi connectivity index (χ4n) is 0.861. The zero-order valence-corrected chi connectivity index (χ0v) is 8.25. The Bertz CT molecular complexity index is 306. The van der Waals surface area contributed by atoms with Crippen LogP contribution >= 0.6 is 11.6 Å². The van der Waals surface area contributed by atoms with Gasteiger partial charge < -0.3 is 14.2 Å². The quantitative estimate of drug-likeness (QED) is 0.740. The number of aromatic nitrogens is 2. The molecule has 13 heavy (non-hydrogen) atoms. The van der Waals surface area contributed by atoms with Gasteiger partial charge in [-0.15, -0.1) is 10.2 Å². The normalized spacial score (nSPS) is 9.54. The van der Waals surface area contributed by atoms with Gasteiger partial charge in [0.2, 0.25) is 11.5 Å². The molecular weight excluding hydrogens is 196 g/mol. The molecule has 1 rings (SSSR count). The van der Waals surface area contributed by atoms with E-state index in [1.165, 1.54) is 21.3 Å². The number of rotatable bonds is 3. The molecule has 6 heteroatoms. The number of ether oxygens (including phenoxy) is 3. The molecule has 0 spiro atoms. The summed E-state index contributed by atoms with van der Waals surface area (Å²) >= 11 is 5.70. The lowest BCUT2D eigenvalue weighted by atomic mass is 10.4. The SMILES string of the molecule is COc1nnc(Cl)c(OC)c1OC.